The number of nitrogens with one attached hydrogen (secondary N) is 1. The van der Waals surface area contributed by atoms with Crippen LogP contribution in [0, 0.1) is 0 Å². The van der Waals surface area contributed by atoms with E-state index >= 15 is 0 Å². The van der Waals surface area contributed by atoms with Gasteiger partial charge < -0.3 is 9.55 Å². The zero-order valence-corrected chi connectivity index (χ0v) is 19.4. The largest absolute Gasteiger partial charge is 0.354 e. The molecule has 0 saturated carbocycles. The van der Waals surface area contributed by atoms with E-state index in [-0.39, 0.29) is 0 Å². The highest BCUT2D eigenvalue weighted by Gasteiger charge is 2.18. The molecule has 0 unspecified atom stereocenters. The lowest BCUT2D eigenvalue weighted by atomic mass is 9.94. The van der Waals surface area contributed by atoms with E-state index in [1.807, 2.05) is 18.5 Å². The summed E-state index contributed by atoms with van der Waals surface area (Å²) in [4.78, 5) is 8.04. The molecular formula is C33H21N3. The number of nitrogens with zero attached hydrogens (tertiary/aromatic N) is 2. The Morgan fingerprint density at radius 3 is 2.17 bits per heavy atom. The highest BCUT2D eigenvalue weighted by Crippen LogP contribution is 2.41. The van der Waals surface area contributed by atoms with Crippen LogP contribution in [0.5, 0.6) is 0 Å². The van der Waals surface area contributed by atoms with Crippen molar-refractivity contribution in [2.75, 3.05) is 0 Å². The van der Waals surface area contributed by atoms with Crippen molar-refractivity contribution < 1.29 is 0 Å². The Hall–Kier alpha value is -4.89. The topological polar surface area (TPSA) is 33.6 Å². The Kier molecular flexibility index (Phi) is 3.94. The van der Waals surface area contributed by atoms with Crippen molar-refractivity contribution in [3.05, 3.63) is 122 Å². The van der Waals surface area contributed by atoms with E-state index in [0.29, 0.717) is 0 Å². The monoisotopic (exact) mass is 459 g/mol. The van der Waals surface area contributed by atoms with Gasteiger partial charge in [0, 0.05) is 44.2 Å². The average Bonchev–Trinajstić information content (AvgIpc) is 3.48. The van der Waals surface area contributed by atoms with Gasteiger partial charge in [0.1, 0.15) is 0 Å². The number of hydrogen-bond donors (Lipinski definition) is 1. The van der Waals surface area contributed by atoms with E-state index in [4.69, 9.17) is 0 Å². The van der Waals surface area contributed by atoms with Gasteiger partial charge in [-0.25, -0.2) is 0 Å². The molecule has 0 fully saturated rings. The predicted molar refractivity (Wildman–Crippen MR) is 151 cm³/mol. The van der Waals surface area contributed by atoms with E-state index in [0.717, 1.165) is 11.2 Å². The van der Waals surface area contributed by atoms with E-state index in [1.165, 1.54) is 60.0 Å². The minimum absolute atomic E-state index is 1.07. The second-order valence-electron chi connectivity index (χ2n) is 9.36. The first-order chi connectivity index (χ1) is 17.9. The molecule has 3 nitrogen and oxygen atoms in total. The van der Waals surface area contributed by atoms with Crippen LogP contribution in [0.25, 0.3) is 71.2 Å². The number of rotatable bonds is 2. The van der Waals surface area contributed by atoms with Gasteiger partial charge in [-0.2, -0.15) is 0 Å². The normalized spacial score (nSPS) is 11.9. The Bertz CT molecular complexity index is 2100. The second-order valence-corrected chi connectivity index (χ2v) is 9.36. The minimum Gasteiger partial charge on any atom is -0.354 e. The molecule has 3 heteroatoms. The quantitative estimate of drug-likeness (QED) is 0.276. The Morgan fingerprint density at radius 2 is 1.31 bits per heavy atom. The van der Waals surface area contributed by atoms with Gasteiger partial charge in [-0.05, 0) is 52.9 Å². The molecule has 8 aromatic rings. The van der Waals surface area contributed by atoms with Gasteiger partial charge in [0.05, 0.1) is 22.9 Å². The van der Waals surface area contributed by atoms with Gasteiger partial charge in [0.2, 0.25) is 0 Å². The molecule has 0 atom stereocenters. The molecule has 0 bridgehead atoms. The number of aromatic nitrogens is 3. The van der Waals surface area contributed by atoms with Crippen molar-refractivity contribution in [2.24, 2.45) is 0 Å². The van der Waals surface area contributed by atoms with Crippen LogP contribution in [0.4, 0.5) is 0 Å². The lowest BCUT2D eigenvalue weighted by molar-refractivity contribution is 1.15. The van der Waals surface area contributed by atoms with Crippen molar-refractivity contribution in [1.29, 1.82) is 0 Å². The first kappa shape index (κ1) is 19.4. The number of benzene rings is 5. The Balaban J connectivity index is 1.50. The van der Waals surface area contributed by atoms with Crippen molar-refractivity contribution >= 4 is 54.4 Å². The van der Waals surface area contributed by atoms with Gasteiger partial charge in [-0.1, -0.05) is 72.8 Å². The molecule has 168 valence electrons. The number of para-hydroxylation sites is 2. The zero-order valence-electron chi connectivity index (χ0n) is 19.4. The third-order valence-electron chi connectivity index (χ3n) is 7.40. The maximum absolute atomic E-state index is 4.42. The fourth-order valence-electron chi connectivity index (χ4n) is 5.84. The van der Waals surface area contributed by atoms with E-state index in [9.17, 15) is 0 Å². The summed E-state index contributed by atoms with van der Waals surface area (Å²) in [7, 11) is 0. The molecule has 36 heavy (non-hydrogen) atoms. The molecule has 0 aliphatic heterocycles. The molecule has 0 aliphatic rings. The van der Waals surface area contributed by atoms with Gasteiger partial charge in [0.15, 0.2) is 0 Å². The summed E-state index contributed by atoms with van der Waals surface area (Å²) in [5.74, 6) is 0. The third kappa shape index (κ3) is 2.65. The predicted octanol–water partition coefficient (Wildman–Crippen LogP) is 8.63. The van der Waals surface area contributed by atoms with Crippen molar-refractivity contribution in [2.45, 2.75) is 0 Å². The Morgan fingerprint density at radius 1 is 0.556 bits per heavy atom. The van der Waals surface area contributed by atoms with E-state index in [2.05, 4.69) is 118 Å². The fourth-order valence-corrected chi connectivity index (χ4v) is 5.84. The maximum Gasteiger partial charge on any atom is 0.0645 e. The third-order valence-corrected chi connectivity index (χ3v) is 7.40. The van der Waals surface area contributed by atoms with Crippen LogP contribution < -0.4 is 0 Å². The first-order valence-electron chi connectivity index (χ1n) is 12.2. The molecule has 0 aliphatic carbocycles. The summed E-state index contributed by atoms with van der Waals surface area (Å²) in [6, 6.07) is 39.2. The van der Waals surface area contributed by atoms with Crippen molar-refractivity contribution in [3.8, 4) is 16.8 Å². The minimum atomic E-state index is 1.07. The molecule has 1 N–H and O–H groups in total. The summed E-state index contributed by atoms with van der Waals surface area (Å²) in [5.41, 5.74) is 8.27. The first-order valence-corrected chi connectivity index (χ1v) is 12.2. The highest BCUT2D eigenvalue weighted by atomic mass is 15.0. The number of hydrogen-bond acceptors (Lipinski definition) is 1. The number of fused-ring (bicyclic) bond motifs is 8. The van der Waals surface area contributed by atoms with Crippen LogP contribution in [0.3, 0.4) is 0 Å². The van der Waals surface area contributed by atoms with Crippen LogP contribution in [0.1, 0.15) is 0 Å². The second kappa shape index (κ2) is 7.30. The smallest absolute Gasteiger partial charge is 0.0645 e. The summed E-state index contributed by atoms with van der Waals surface area (Å²) < 4.78 is 2.35. The molecule has 0 amide bonds. The molecule has 8 rings (SSSR count). The number of pyridine rings is 1. The van der Waals surface area contributed by atoms with Crippen LogP contribution in [-0.2, 0) is 0 Å². The molecule has 3 aromatic heterocycles. The van der Waals surface area contributed by atoms with Crippen LogP contribution in [-0.4, -0.2) is 14.5 Å². The summed E-state index contributed by atoms with van der Waals surface area (Å²) >= 11 is 0. The molecule has 3 heterocycles. The molecule has 0 saturated heterocycles. The zero-order chi connectivity index (χ0) is 23.6. The molecular weight excluding hydrogens is 438 g/mol. The Labute approximate surface area is 207 Å². The molecule has 0 radical (unpaired) electrons. The van der Waals surface area contributed by atoms with Crippen LogP contribution >= 0.6 is 0 Å². The van der Waals surface area contributed by atoms with Crippen LogP contribution in [0.15, 0.2) is 122 Å². The summed E-state index contributed by atoms with van der Waals surface area (Å²) in [5, 5.41) is 7.50. The van der Waals surface area contributed by atoms with Gasteiger partial charge in [-0.3, -0.25) is 4.98 Å². The van der Waals surface area contributed by atoms with Gasteiger partial charge in [0.25, 0.3) is 0 Å². The summed E-state index contributed by atoms with van der Waals surface area (Å²) in [6.07, 6.45) is 3.77. The fraction of sp³-hybridized carbons (Fsp3) is 0. The SMILES string of the molecule is c1cncc(-n2c3ccccc3c3cc(-c4ccc5c(c4)[nH]c4ccccc45)c4ccccc4c32)c1. The summed E-state index contributed by atoms with van der Waals surface area (Å²) in [6.45, 7) is 0. The van der Waals surface area contributed by atoms with Crippen molar-refractivity contribution in [1.82, 2.24) is 14.5 Å². The highest BCUT2D eigenvalue weighted by molar-refractivity contribution is 6.22. The standard InChI is InChI=1S/C33H21N3/c1-2-12-27-23(9-1)28(21-15-16-25-24-10-3-5-13-30(24)35-31(25)18-21)19-29-26-11-4-6-14-32(26)36(33(27)29)22-8-7-17-34-20-22/h1-20,35H. The van der Waals surface area contributed by atoms with E-state index in [1.54, 1.807) is 0 Å². The number of H-pyrrole nitrogens is 1. The van der Waals surface area contributed by atoms with Crippen LogP contribution in [0.2, 0.25) is 0 Å². The van der Waals surface area contributed by atoms with Gasteiger partial charge >= 0.3 is 0 Å². The lowest BCUT2D eigenvalue weighted by Crippen LogP contribution is -1.95. The van der Waals surface area contributed by atoms with Crippen molar-refractivity contribution in [3.63, 3.8) is 0 Å². The molecule has 5 aromatic carbocycles. The maximum atomic E-state index is 4.42. The van der Waals surface area contributed by atoms with Gasteiger partial charge in [-0.15, -0.1) is 0 Å². The number of aromatic amines is 1. The molecule has 0 spiro atoms. The lowest BCUT2D eigenvalue weighted by Gasteiger charge is -2.12. The van der Waals surface area contributed by atoms with E-state index < -0.39 is 0 Å². The average molecular weight is 460 g/mol.